The molecule has 0 radical (unpaired) electrons. The van der Waals surface area contributed by atoms with Gasteiger partial charge in [-0.05, 0) is 32.4 Å². The molecule has 0 amide bonds. The van der Waals surface area contributed by atoms with Crippen LogP contribution in [0.4, 0.5) is 4.39 Å². The molecule has 0 aromatic carbocycles. The van der Waals surface area contributed by atoms with Crippen molar-refractivity contribution in [2.75, 3.05) is 6.54 Å². The van der Waals surface area contributed by atoms with Crippen LogP contribution in [-0.2, 0) is 0 Å². The quantitative estimate of drug-likeness (QED) is 0.848. The molecule has 18 heavy (non-hydrogen) atoms. The van der Waals surface area contributed by atoms with Crippen molar-refractivity contribution in [3.8, 4) is 5.75 Å². The lowest BCUT2D eigenvalue weighted by molar-refractivity contribution is 0.186. The molecule has 0 spiro atoms. The third-order valence-electron chi connectivity index (χ3n) is 2.93. The van der Waals surface area contributed by atoms with Crippen molar-refractivity contribution in [2.24, 2.45) is 17.6 Å². The molecule has 1 aromatic rings. The summed E-state index contributed by atoms with van der Waals surface area (Å²) >= 11 is 0. The van der Waals surface area contributed by atoms with Crippen molar-refractivity contribution in [3.63, 3.8) is 0 Å². The fourth-order valence-corrected chi connectivity index (χ4v) is 1.90. The third-order valence-corrected chi connectivity index (χ3v) is 2.93. The van der Waals surface area contributed by atoms with Crippen LogP contribution < -0.4 is 10.5 Å². The molecule has 0 saturated carbocycles. The number of ether oxygens (including phenoxy) is 1. The number of aromatic nitrogens is 1. The second-order valence-electron chi connectivity index (χ2n) is 5.17. The van der Waals surface area contributed by atoms with Gasteiger partial charge in [0.05, 0.1) is 12.3 Å². The summed E-state index contributed by atoms with van der Waals surface area (Å²) in [6.45, 7) is 8.14. The van der Waals surface area contributed by atoms with Gasteiger partial charge < -0.3 is 10.5 Å². The standard InChI is InChI=1S/C14H23FN2O/c1-9(2)13(6-16)14(15)11-5-12(8-17-7-11)18-10(3)4/h5,7-10,13-14H,6,16H2,1-4H3. The van der Waals surface area contributed by atoms with Crippen molar-refractivity contribution in [1.82, 2.24) is 4.98 Å². The largest absolute Gasteiger partial charge is 0.489 e. The van der Waals surface area contributed by atoms with Gasteiger partial charge in [-0.25, -0.2) is 4.39 Å². The molecule has 0 aliphatic rings. The Balaban J connectivity index is 2.88. The number of nitrogens with two attached hydrogens (primary N) is 1. The summed E-state index contributed by atoms with van der Waals surface area (Å²) in [6, 6.07) is 1.71. The minimum Gasteiger partial charge on any atom is -0.489 e. The molecular weight excluding hydrogens is 231 g/mol. The van der Waals surface area contributed by atoms with E-state index in [0.29, 0.717) is 17.9 Å². The first kappa shape index (κ1) is 14.9. The van der Waals surface area contributed by atoms with E-state index in [9.17, 15) is 4.39 Å². The van der Waals surface area contributed by atoms with E-state index < -0.39 is 6.17 Å². The Morgan fingerprint density at radius 3 is 2.44 bits per heavy atom. The fraction of sp³-hybridized carbons (Fsp3) is 0.643. The molecule has 1 rings (SSSR count). The number of halogens is 1. The van der Waals surface area contributed by atoms with Crippen LogP contribution in [0.3, 0.4) is 0 Å². The third kappa shape index (κ3) is 3.95. The Morgan fingerprint density at radius 2 is 1.94 bits per heavy atom. The molecule has 3 nitrogen and oxygen atoms in total. The summed E-state index contributed by atoms with van der Waals surface area (Å²) in [5.74, 6) is 0.602. The first-order chi connectivity index (χ1) is 8.45. The fourth-order valence-electron chi connectivity index (χ4n) is 1.90. The molecule has 0 fully saturated rings. The molecule has 0 aliphatic heterocycles. The number of rotatable bonds is 6. The Hall–Kier alpha value is -1.16. The van der Waals surface area contributed by atoms with Gasteiger partial charge in [0, 0.05) is 17.7 Å². The van der Waals surface area contributed by atoms with Gasteiger partial charge in [0.25, 0.3) is 0 Å². The van der Waals surface area contributed by atoms with Crippen LogP contribution in [0.15, 0.2) is 18.5 Å². The van der Waals surface area contributed by atoms with E-state index >= 15 is 0 Å². The summed E-state index contributed by atoms with van der Waals surface area (Å²) in [5.41, 5.74) is 6.18. The van der Waals surface area contributed by atoms with Gasteiger partial charge >= 0.3 is 0 Å². The molecule has 2 atom stereocenters. The van der Waals surface area contributed by atoms with Gasteiger partial charge in [0.1, 0.15) is 11.9 Å². The predicted octanol–water partition coefficient (Wildman–Crippen LogP) is 3.11. The molecule has 1 aromatic heterocycles. The normalized spacial score (nSPS) is 14.9. The van der Waals surface area contributed by atoms with E-state index in [2.05, 4.69) is 4.98 Å². The lowest BCUT2D eigenvalue weighted by Crippen LogP contribution is -2.24. The van der Waals surface area contributed by atoms with Crippen LogP contribution in [0.2, 0.25) is 0 Å². The van der Waals surface area contributed by atoms with Crippen molar-refractivity contribution in [3.05, 3.63) is 24.0 Å². The Kier molecular flexibility index (Phi) is 5.54. The highest BCUT2D eigenvalue weighted by molar-refractivity contribution is 5.26. The number of pyridine rings is 1. The van der Waals surface area contributed by atoms with Gasteiger partial charge in [-0.2, -0.15) is 0 Å². The molecule has 4 heteroatoms. The SMILES string of the molecule is CC(C)Oc1cncc(C(F)C(CN)C(C)C)c1. The van der Waals surface area contributed by atoms with Crippen LogP contribution in [0.25, 0.3) is 0 Å². The summed E-state index contributed by atoms with van der Waals surface area (Å²) in [4.78, 5) is 4.03. The molecule has 1 heterocycles. The van der Waals surface area contributed by atoms with Crippen LogP contribution in [0.5, 0.6) is 5.75 Å². The molecule has 0 aliphatic carbocycles. The highest BCUT2D eigenvalue weighted by atomic mass is 19.1. The average molecular weight is 254 g/mol. The molecule has 2 N–H and O–H groups in total. The summed E-state index contributed by atoms with van der Waals surface area (Å²) < 4.78 is 19.9. The van der Waals surface area contributed by atoms with E-state index in [4.69, 9.17) is 10.5 Å². The minimum atomic E-state index is -1.10. The van der Waals surface area contributed by atoms with Crippen molar-refractivity contribution in [2.45, 2.75) is 40.0 Å². The summed E-state index contributed by atoms with van der Waals surface area (Å²) in [5, 5.41) is 0. The van der Waals surface area contributed by atoms with Crippen LogP contribution in [0.1, 0.15) is 39.4 Å². The average Bonchev–Trinajstić information content (AvgIpc) is 2.28. The summed E-state index contributed by atoms with van der Waals surface area (Å²) in [7, 11) is 0. The van der Waals surface area contributed by atoms with Crippen molar-refractivity contribution < 1.29 is 9.13 Å². The Morgan fingerprint density at radius 1 is 1.28 bits per heavy atom. The zero-order valence-corrected chi connectivity index (χ0v) is 11.6. The van der Waals surface area contributed by atoms with Crippen molar-refractivity contribution >= 4 is 0 Å². The number of hydrogen-bond acceptors (Lipinski definition) is 3. The first-order valence-corrected chi connectivity index (χ1v) is 6.41. The smallest absolute Gasteiger partial charge is 0.138 e. The maximum Gasteiger partial charge on any atom is 0.138 e. The Bertz CT molecular complexity index is 369. The van der Waals surface area contributed by atoms with E-state index in [-0.39, 0.29) is 17.9 Å². The predicted molar refractivity (Wildman–Crippen MR) is 71.2 cm³/mol. The van der Waals surface area contributed by atoms with E-state index in [1.165, 1.54) is 0 Å². The van der Waals surface area contributed by atoms with Crippen LogP contribution >= 0.6 is 0 Å². The molecule has 0 saturated heterocycles. The van der Waals surface area contributed by atoms with E-state index in [1.54, 1.807) is 18.5 Å². The molecule has 2 unspecified atom stereocenters. The lowest BCUT2D eigenvalue weighted by Gasteiger charge is -2.23. The zero-order chi connectivity index (χ0) is 13.7. The van der Waals surface area contributed by atoms with Gasteiger partial charge in [-0.15, -0.1) is 0 Å². The lowest BCUT2D eigenvalue weighted by atomic mass is 9.88. The molecule has 102 valence electrons. The van der Waals surface area contributed by atoms with Gasteiger partial charge in [0.15, 0.2) is 0 Å². The number of hydrogen-bond donors (Lipinski definition) is 1. The first-order valence-electron chi connectivity index (χ1n) is 6.41. The molecular formula is C14H23FN2O. The van der Waals surface area contributed by atoms with Crippen LogP contribution in [0, 0.1) is 11.8 Å². The van der Waals surface area contributed by atoms with Gasteiger partial charge in [-0.3, -0.25) is 4.98 Å². The van der Waals surface area contributed by atoms with Gasteiger partial charge in [0.2, 0.25) is 0 Å². The number of nitrogens with zero attached hydrogens (tertiary/aromatic N) is 1. The zero-order valence-electron chi connectivity index (χ0n) is 11.6. The Labute approximate surface area is 109 Å². The summed E-state index contributed by atoms with van der Waals surface area (Å²) in [6.07, 6.45) is 2.10. The van der Waals surface area contributed by atoms with E-state index in [1.807, 2.05) is 27.7 Å². The molecule has 0 bridgehead atoms. The second-order valence-corrected chi connectivity index (χ2v) is 5.17. The highest BCUT2D eigenvalue weighted by Gasteiger charge is 2.25. The number of alkyl halides is 1. The van der Waals surface area contributed by atoms with Crippen LogP contribution in [-0.4, -0.2) is 17.6 Å². The maximum atomic E-state index is 14.4. The topological polar surface area (TPSA) is 48.1 Å². The second kappa shape index (κ2) is 6.69. The van der Waals surface area contributed by atoms with Crippen molar-refractivity contribution in [1.29, 1.82) is 0 Å². The monoisotopic (exact) mass is 254 g/mol. The van der Waals surface area contributed by atoms with E-state index in [0.717, 1.165) is 0 Å². The van der Waals surface area contributed by atoms with Gasteiger partial charge in [-0.1, -0.05) is 13.8 Å². The highest BCUT2D eigenvalue weighted by Crippen LogP contribution is 2.32. The maximum absolute atomic E-state index is 14.4. The minimum absolute atomic E-state index is 0.0514.